The highest BCUT2D eigenvalue weighted by atomic mass is 19.4. The van der Waals surface area contributed by atoms with Crippen LogP contribution in [0.4, 0.5) is 114 Å². The number of halogens is 26. The van der Waals surface area contributed by atoms with Gasteiger partial charge < -0.3 is 10.2 Å². The van der Waals surface area contributed by atoms with Crippen LogP contribution in [-0.2, 0) is 9.59 Å². The molecule has 0 bridgehead atoms. The van der Waals surface area contributed by atoms with Crippen LogP contribution < -0.4 is 0 Å². The number of hydrogen-bond acceptors (Lipinski definition) is 2. The van der Waals surface area contributed by atoms with E-state index in [-0.39, 0.29) is 0 Å². The van der Waals surface area contributed by atoms with Crippen molar-refractivity contribution < 1.29 is 134 Å². The molecule has 0 saturated heterocycles. The molecule has 2 atom stereocenters. The van der Waals surface area contributed by atoms with E-state index in [0.29, 0.717) is 0 Å². The maximum Gasteiger partial charge on any atom is 0.460 e. The van der Waals surface area contributed by atoms with Gasteiger partial charge in [0.2, 0.25) is 0 Å². The Kier molecular flexibility index (Phi) is 14.4. The Morgan fingerprint density at radius 2 is 0.537 bits per heavy atom. The lowest BCUT2D eigenvalue weighted by Crippen LogP contribution is -2.70. The van der Waals surface area contributed by atoms with Gasteiger partial charge in [0.15, 0.2) is 0 Å². The average Bonchev–Trinajstić information content (AvgIpc) is 2.95. The summed E-state index contributed by atoms with van der Waals surface area (Å²) in [4.78, 5) is 22.6. The van der Waals surface area contributed by atoms with Crippen LogP contribution in [0.3, 0.4) is 0 Å². The maximum absolute atomic E-state index is 14.0. The minimum Gasteiger partial charge on any atom is -0.481 e. The maximum atomic E-state index is 14.0. The van der Waals surface area contributed by atoms with E-state index in [1.807, 2.05) is 0 Å². The van der Waals surface area contributed by atoms with Gasteiger partial charge >= 0.3 is 83.5 Å². The van der Waals surface area contributed by atoms with E-state index < -0.39 is 147 Å². The average molecular weight is 866 g/mol. The molecule has 0 rings (SSSR count). The molecule has 2 N–H and O–H groups in total. The molecule has 30 heteroatoms. The van der Waals surface area contributed by atoms with Crippen molar-refractivity contribution in [3.8, 4) is 0 Å². The van der Waals surface area contributed by atoms with Gasteiger partial charge in [0.1, 0.15) is 0 Å². The van der Waals surface area contributed by atoms with Gasteiger partial charge in [-0.15, -0.1) is 0 Å². The molecule has 0 aromatic rings. The van der Waals surface area contributed by atoms with Crippen molar-refractivity contribution in [3.63, 3.8) is 0 Å². The molecular formula is C24H20F26O4. The fourth-order valence-electron chi connectivity index (χ4n) is 4.19. The van der Waals surface area contributed by atoms with Crippen LogP contribution in [0.15, 0.2) is 0 Å². The molecule has 0 saturated carbocycles. The second-order valence-corrected chi connectivity index (χ2v) is 11.4. The SMILES string of the molecule is O=C(O)C(CCCCC(CCC(F)(F)C(F)(F)C(F)(F)C(F)(F)C(F)(F)C(F)(F)F)C(=O)O)CCC(F)(F)C(F)(F)C(F)(F)C(F)(F)C(F)(F)C(F)(F)F. The third kappa shape index (κ3) is 8.73. The Bertz CT molecular complexity index is 1200. The van der Waals surface area contributed by atoms with Crippen molar-refractivity contribution >= 4 is 11.9 Å². The first kappa shape index (κ1) is 51.1. The second kappa shape index (κ2) is 15.2. The minimum absolute atomic E-state index is 0.932. The predicted octanol–water partition coefficient (Wildman–Crippen LogP) is 11.0. The van der Waals surface area contributed by atoms with E-state index in [4.69, 9.17) is 10.2 Å². The molecule has 4 nitrogen and oxygen atoms in total. The van der Waals surface area contributed by atoms with Gasteiger partial charge in [-0.2, -0.15) is 114 Å². The summed E-state index contributed by atoms with van der Waals surface area (Å²) in [7, 11) is 0. The fourth-order valence-corrected chi connectivity index (χ4v) is 4.19. The zero-order chi connectivity index (χ0) is 44.0. The first-order valence-corrected chi connectivity index (χ1v) is 13.7. The highest BCUT2D eigenvalue weighted by Crippen LogP contribution is 2.62. The minimum atomic E-state index is -8.26. The summed E-state index contributed by atoms with van der Waals surface area (Å²) in [5.41, 5.74) is 0. The molecule has 0 aliphatic rings. The molecule has 0 heterocycles. The summed E-state index contributed by atoms with van der Waals surface area (Å²) in [6.45, 7) is 0. The van der Waals surface area contributed by atoms with E-state index in [0.717, 1.165) is 0 Å². The van der Waals surface area contributed by atoms with Crippen molar-refractivity contribution in [1.82, 2.24) is 0 Å². The second-order valence-electron chi connectivity index (χ2n) is 11.4. The largest absolute Gasteiger partial charge is 0.481 e. The molecule has 0 aliphatic heterocycles. The topological polar surface area (TPSA) is 74.6 Å². The first-order chi connectivity index (χ1) is 23.3. The summed E-state index contributed by atoms with van der Waals surface area (Å²) >= 11 is 0. The third-order valence-corrected chi connectivity index (χ3v) is 7.66. The number of carboxylic acid groups (broad SMARTS) is 2. The van der Waals surface area contributed by atoms with Crippen molar-refractivity contribution in [3.05, 3.63) is 0 Å². The monoisotopic (exact) mass is 866 g/mol. The highest BCUT2D eigenvalue weighted by Gasteiger charge is 2.92. The molecule has 322 valence electrons. The number of hydrogen-bond donors (Lipinski definition) is 2. The molecule has 0 spiro atoms. The Labute approximate surface area is 281 Å². The smallest absolute Gasteiger partial charge is 0.460 e. The summed E-state index contributed by atoms with van der Waals surface area (Å²) in [6.07, 6.45) is -29.7. The molecule has 0 aromatic carbocycles. The lowest BCUT2D eigenvalue weighted by Gasteiger charge is -2.40. The van der Waals surface area contributed by atoms with Gasteiger partial charge in [0.05, 0.1) is 11.8 Å². The Balaban J connectivity index is 5.83. The molecule has 54 heavy (non-hydrogen) atoms. The van der Waals surface area contributed by atoms with E-state index in [1.54, 1.807) is 0 Å². The molecule has 0 fully saturated rings. The van der Waals surface area contributed by atoms with Gasteiger partial charge in [-0.05, 0) is 25.7 Å². The summed E-state index contributed by atoms with van der Waals surface area (Å²) in [6, 6.07) is 0. The molecule has 0 amide bonds. The van der Waals surface area contributed by atoms with Crippen LogP contribution in [0.2, 0.25) is 0 Å². The molecule has 2 unspecified atom stereocenters. The van der Waals surface area contributed by atoms with Crippen LogP contribution >= 0.6 is 0 Å². The van der Waals surface area contributed by atoms with E-state index in [9.17, 15) is 124 Å². The predicted molar refractivity (Wildman–Crippen MR) is 121 cm³/mol. The van der Waals surface area contributed by atoms with Gasteiger partial charge in [0, 0.05) is 12.8 Å². The Morgan fingerprint density at radius 3 is 0.722 bits per heavy atom. The zero-order valence-electron chi connectivity index (χ0n) is 25.3. The summed E-state index contributed by atoms with van der Waals surface area (Å²) in [5, 5.41) is 18.1. The van der Waals surface area contributed by atoms with E-state index in [2.05, 4.69) is 0 Å². The van der Waals surface area contributed by atoms with E-state index >= 15 is 0 Å². The quantitative estimate of drug-likeness (QED) is 0.0890. The normalized spacial score (nSPS) is 16.7. The molecular weight excluding hydrogens is 846 g/mol. The van der Waals surface area contributed by atoms with Gasteiger partial charge in [0.25, 0.3) is 0 Å². The third-order valence-electron chi connectivity index (χ3n) is 7.66. The van der Waals surface area contributed by atoms with E-state index in [1.165, 1.54) is 0 Å². The molecule has 0 aromatic heterocycles. The number of carbonyl (C=O) groups is 2. The zero-order valence-corrected chi connectivity index (χ0v) is 25.3. The number of aliphatic carboxylic acids is 2. The Hall–Kier alpha value is -2.88. The Morgan fingerprint density at radius 1 is 0.333 bits per heavy atom. The number of unbranched alkanes of at least 4 members (excludes halogenated alkanes) is 1. The number of rotatable bonds is 21. The van der Waals surface area contributed by atoms with Crippen molar-refractivity contribution in [1.29, 1.82) is 0 Å². The van der Waals surface area contributed by atoms with Crippen LogP contribution in [0, 0.1) is 11.8 Å². The van der Waals surface area contributed by atoms with Gasteiger partial charge in [-0.25, -0.2) is 0 Å². The fraction of sp³-hybridized carbons (Fsp3) is 0.917. The summed E-state index contributed by atoms with van der Waals surface area (Å²) < 4.78 is 344. The van der Waals surface area contributed by atoms with Crippen LogP contribution in [0.25, 0.3) is 0 Å². The lowest BCUT2D eigenvalue weighted by molar-refractivity contribution is -0.440. The van der Waals surface area contributed by atoms with Crippen molar-refractivity contribution in [2.75, 3.05) is 0 Å². The van der Waals surface area contributed by atoms with Crippen LogP contribution in [0.1, 0.15) is 51.4 Å². The number of carboxylic acids is 2. The van der Waals surface area contributed by atoms with Crippen molar-refractivity contribution in [2.24, 2.45) is 11.8 Å². The van der Waals surface area contributed by atoms with Crippen LogP contribution in [0.5, 0.6) is 0 Å². The molecule has 0 radical (unpaired) electrons. The lowest BCUT2D eigenvalue weighted by atomic mass is 9.87. The standard InChI is InChI=1S/C24H20F26O4/c25-13(26,15(29,30)17(33,34)19(37,38)21(41,42)23(45,46)47)7-5-9(11(51)52)3-1-2-4-10(12(53)54)6-8-14(27,28)16(31,32)18(35,36)20(39,40)22(43,44)24(48,49)50/h9-10H,1-8H2,(H,51,52)(H,53,54). The molecule has 0 aliphatic carbocycles. The highest BCUT2D eigenvalue weighted by molar-refractivity contribution is 5.70. The van der Waals surface area contributed by atoms with Gasteiger partial charge in [-0.1, -0.05) is 12.8 Å². The number of alkyl halides is 26. The van der Waals surface area contributed by atoms with Crippen molar-refractivity contribution in [2.45, 2.75) is 123 Å². The van der Waals surface area contributed by atoms with Gasteiger partial charge in [-0.3, -0.25) is 9.59 Å². The van der Waals surface area contributed by atoms with Crippen LogP contribution in [-0.4, -0.2) is 93.7 Å². The summed E-state index contributed by atoms with van der Waals surface area (Å²) in [5.74, 6) is -87.7. The first-order valence-electron chi connectivity index (χ1n) is 13.7.